The highest BCUT2D eigenvalue weighted by Gasteiger charge is 2.37. The van der Waals surface area contributed by atoms with Crippen LogP contribution in [0.5, 0.6) is 5.75 Å². The van der Waals surface area contributed by atoms with Gasteiger partial charge in [-0.3, -0.25) is 9.59 Å². The van der Waals surface area contributed by atoms with Crippen LogP contribution in [0, 0.1) is 5.92 Å². The molecule has 1 aliphatic carbocycles. The number of likely N-dealkylation sites (tertiary alicyclic amines) is 1. The lowest BCUT2D eigenvalue weighted by Crippen LogP contribution is -2.50. The second-order valence-corrected chi connectivity index (χ2v) is 7.58. The second kappa shape index (κ2) is 9.22. The molecule has 2 amide bonds. The topological polar surface area (TPSA) is 78.9 Å². The van der Waals surface area contributed by atoms with Gasteiger partial charge >= 0.3 is 0 Å². The molecule has 1 saturated carbocycles. The SMILES string of the molecule is CCCO[C@@H]1CC[C@H](C(=O)N2CCCC2)C[C@H]1NC(=O)c1cccc(O)c1. The van der Waals surface area contributed by atoms with Crippen LogP contribution in [0.1, 0.15) is 55.8 Å². The van der Waals surface area contributed by atoms with Gasteiger partial charge in [0, 0.05) is 31.2 Å². The summed E-state index contributed by atoms with van der Waals surface area (Å²) in [5.41, 5.74) is 0.414. The minimum absolute atomic E-state index is 0.0564. The van der Waals surface area contributed by atoms with Gasteiger partial charge in [-0.1, -0.05) is 13.0 Å². The number of hydrogen-bond donors (Lipinski definition) is 2. The molecule has 0 bridgehead atoms. The average Bonchev–Trinajstić information content (AvgIpc) is 3.21. The molecule has 2 fully saturated rings. The summed E-state index contributed by atoms with van der Waals surface area (Å²) in [6.07, 6.45) is 5.19. The Labute approximate surface area is 160 Å². The zero-order valence-electron chi connectivity index (χ0n) is 16.0. The number of ether oxygens (including phenoxy) is 1. The van der Waals surface area contributed by atoms with Crippen LogP contribution in [0.3, 0.4) is 0 Å². The number of aromatic hydroxyl groups is 1. The molecule has 3 atom stereocenters. The van der Waals surface area contributed by atoms with Crippen molar-refractivity contribution in [3.8, 4) is 5.75 Å². The van der Waals surface area contributed by atoms with Crippen LogP contribution in [0.2, 0.25) is 0 Å². The normalized spacial score (nSPS) is 25.4. The lowest BCUT2D eigenvalue weighted by atomic mass is 9.82. The molecule has 1 aromatic carbocycles. The third-order valence-electron chi connectivity index (χ3n) is 5.51. The Hall–Kier alpha value is -2.08. The maximum atomic E-state index is 12.8. The van der Waals surface area contributed by atoms with Crippen molar-refractivity contribution in [3.63, 3.8) is 0 Å². The van der Waals surface area contributed by atoms with E-state index in [2.05, 4.69) is 12.2 Å². The quantitative estimate of drug-likeness (QED) is 0.802. The third kappa shape index (κ3) is 5.01. The van der Waals surface area contributed by atoms with Crippen LogP contribution in [0.25, 0.3) is 0 Å². The average molecular weight is 374 g/mol. The number of carbonyl (C=O) groups is 2. The van der Waals surface area contributed by atoms with E-state index in [1.54, 1.807) is 12.1 Å². The number of rotatable bonds is 6. The number of benzene rings is 1. The van der Waals surface area contributed by atoms with Crippen LogP contribution in [-0.4, -0.2) is 53.7 Å². The zero-order chi connectivity index (χ0) is 19.2. The minimum atomic E-state index is -0.240. The summed E-state index contributed by atoms with van der Waals surface area (Å²) < 4.78 is 5.97. The van der Waals surface area contributed by atoms with Gasteiger partial charge in [0.05, 0.1) is 12.1 Å². The summed E-state index contributed by atoms with van der Waals surface area (Å²) in [5, 5.41) is 12.7. The first-order valence-corrected chi connectivity index (χ1v) is 10.1. The summed E-state index contributed by atoms with van der Waals surface area (Å²) in [7, 11) is 0. The molecule has 3 rings (SSSR count). The molecule has 2 aliphatic rings. The highest BCUT2D eigenvalue weighted by Crippen LogP contribution is 2.30. The van der Waals surface area contributed by atoms with Crippen LogP contribution < -0.4 is 5.32 Å². The van der Waals surface area contributed by atoms with Crippen molar-refractivity contribution >= 4 is 11.8 Å². The summed E-state index contributed by atoms with van der Waals surface area (Å²) in [4.78, 5) is 27.4. The van der Waals surface area contributed by atoms with E-state index >= 15 is 0 Å². The van der Waals surface area contributed by atoms with Crippen molar-refractivity contribution in [1.82, 2.24) is 10.2 Å². The Balaban J connectivity index is 1.68. The summed E-state index contributed by atoms with van der Waals surface area (Å²) in [6.45, 7) is 4.41. The van der Waals surface area contributed by atoms with Gasteiger partial charge in [0.2, 0.25) is 5.91 Å². The maximum absolute atomic E-state index is 12.8. The predicted octanol–water partition coefficient (Wildman–Crippen LogP) is 2.71. The minimum Gasteiger partial charge on any atom is -0.508 e. The number of phenolic OH excluding ortho intramolecular Hbond substituents is 1. The number of carbonyl (C=O) groups excluding carboxylic acids is 2. The Morgan fingerprint density at radius 1 is 1.26 bits per heavy atom. The lowest BCUT2D eigenvalue weighted by molar-refractivity contribution is -0.137. The molecule has 27 heavy (non-hydrogen) atoms. The number of nitrogens with one attached hydrogen (secondary N) is 1. The van der Waals surface area contributed by atoms with E-state index in [9.17, 15) is 14.7 Å². The molecule has 1 heterocycles. The van der Waals surface area contributed by atoms with E-state index < -0.39 is 0 Å². The molecule has 0 aromatic heterocycles. The number of phenols is 1. The number of amides is 2. The van der Waals surface area contributed by atoms with Crippen molar-refractivity contribution in [1.29, 1.82) is 0 Å². The van der Waals surface area contributed by atoms with Crippen molar-refractivity contribution < 1.29 is 19.4 Å². The van der Waals surface area contributed by atoms with Gasteiger partial charge in [-0.15, -0.1) is 0 Å². The Bertz CT molecular complexity index is 657. The maximum Gasteiger partial charge on any atom is 0.251 e. The predicted molar refractivity (Wildman–Crippen MR) is 103 cm³/mol. The Kier molecular flexibility index (Phi) is 6.72. The second-order valence-electron chi connectivity index (χ2n) is 7.58. The smallest absolute Gasteiger partial charge is 0.251 e. The molecule has 1 aromatic rings. The molecule has 0 radical (unpaired) electrons. The van der Waals surface area contributed by atoms with Gasteiger partial charge in [0.1, 0.15) is 5.75 Å². The number of hydrogen-bond acceptors (Lipinski definition) is 4. The van der Waals surface area contributed by atoms with Gasteiger partial charge in [-0.25, -0.2) is 0 Å². The van der Waals surface area contributed by atoms with E-state index in [1.807, 2.05) is 4.90 Å². The van der Waals surface area contributed by atoms with Gasteiger partial charge in [-0.2, -0.15) is 0 Å². The van der Waals surface area contributed by atoms with Crippen molar-refractivity contribution in [3.05, 3.63) is 29.8 Å². The number of nitrogens with zero attached hydrogens (tertiary/aromatic N) is 1. The first-order chi connectivity index (χ1) is 13.1. The first kappa shape index (κ1) is 19.7. The summed E-state index contributed by atoms with van der Waals surface area (Å²) in [6, 6.07) is 6.11. The van der Waals surface area contributed by atoms with E-state index in [-0.39, 0.29) is 35.6 Å². The molecule has 6 heteroatoms. The standard InChI is InChI=1S/C21H30N2O4/c1-2-12-27-19-9-8-16(21(26)23-10-3-4-11-23)14-18(19)22-20(25)15-6-5-7-17(24)13-15/h5-7,13,16,18-19,24H,2-4,8-12,14H2,1H3,(H,22,25)/t16-,18+,19+/m0/s1. The molecule has 0 unspecified atom stereocenters. The Morgan fingerprint density at radius 2 is 2.04 bits per heavy atom. The van der Waals surface area contributed by atoms with Gasteiger partial charge in [0.25, 0.3) is 5.91 Å². The lowest BCUT2D eigenvalue weighted by Gasteiger charge is -2.37. The fourth-order valence-electron chi connectivity index (χ4n) is 4.08. The first-order valence-electron chi connectivity index (χ1n) is 10.1. The fraction of sp³-hybridized carbons (Fsp3) is 0.619. The van der Waals surface area contributed by atoms with E-state index in [0.29, 0.717) is 18.6 Å². The van der Waals surface area contributed by atoms with Crippen LogP contribution in [-0.2, 0) is 9.53 Å². The van der Waals surface area contributed by atoms with E-state index in [0.717, 1.165) is 45.2 Å². The highest BCUT2D eigenvalue weighted by atomic mass is 16.5. The Morgan fingerprint density at radius 3 is 2.74 bits per heavy atom. The van der Waals surface area contributed by atoms with Gasteiger partial charge < -0.3 is 20.1 Å². The molecule has 1 aliphatic heterocycles. The molecular weight excluding hydrogens is 344 g/mol. The summed E-state index contributed by atoms with van der Waals surface area (Å²) >= 11 is 0. The zero-order valence-corrected chi connectivity index (χ0v) is 16.0. The van der Waals surface area contributed by atoms with Crippen molar-refractivity contribution in [2.75, 3.05) is 19.7 Å². The van der Waals surface area contributed by atoms with Gasteiger partial charge in [-0.05, 0) is 56.7 Å². The molecule has 1 saturated heterocycles. The molecule has 6 nitrogen and oxygen atoms in total. The highest BCUT2D eigenvalue weighted by molar-refractivity contribution is 5.94. The molecular formula is C21H30N2O4. The van der Waals surface area contributed by atoms with Crippen LogP contribution in [0.15, 0.2) is 24.3 Å². The van der Waals surface area contributed by atoms with Crippen molar-refractivity contribution in [2.45, 2.75) is 57.6 Å². The molecule has 148 valence electrons. The van der Waals surface area contributed by atoms with E-state index in [4.69, 9.17) is 4.74 Å². The van der Waals surface area contributed by atoms with Crippen molar-refractivity contribution in [2.24, 2.45) is 5.92 Å². The monoisotopic (exact) mass is 374 g/mol. The molecule has 0 spiro atoms. The third-order valence-corrected chi connectivity index (χ3v) is 5.51. The van der Waals surface area contributed by atoms with E-state index in [1.165, 1.54) is 12.1 Å². The largest absolute Gasteiger partial charge is 0.508 e. The van der Waals surface area contributed by atoms with Crippen LogP contribution >= 0.6 is 0 Å². The van der Waals surface area contributed by atoms with Gasteiger partial charge in [0.15, 0.2) is 0 Å². The van der Waals surface area contributed by atoms with Crippen LogP contribution in [0.4, 0.5) is 0 Å². The fourth-order valence-corrected chi connectivity index (χ4v) is 4.08. The summed E-state index contributed by atoms with van der Waals surface area (Å²) in [5.74, 6) is -0.0143. The molecule has 2 N–H and O–H groups in total.